The predicted molar refractivity (Wildman–Crippen MR) is 125 cm³/mol. The number of rotatable bonds is 8. The Hall–Kier alpha value is -3.87. The van der Waals surface area contributed by atoms with Gasteiger partial charge >= 0.3 is 0 Å². The van der Waals surface area contributed by atoms with E-state index in [1.807, 2.05) is 25.1 Å². The highest BCUT2D eigenvalue weighted by atomic mass is 16.3. The Morgan fingerprint density at radius 1 is 1.19 bits per heavy atom. The van der Waals surface area contributed by atoms with Gasteiger partial charge in [0.05, 0.1) is 12.0 Å². The first-order valence-corrected chi connectivity index (χ1v) is 10.2. The number of aliphatic imine (C=N–C) groups is 1. The molecule has 7 heteroatoms. The molecule has 0 aliphatic rings. The van der Waals surface area contributed by atoms with Crippen LogP contribution < -0.4 is 11.1 Å². The summed E-state index contributed by atoms with van der Waals surface area (Å²) in [5, 5.41) is 3.49. The third-order valence-corrected chi connectivity index (χ3v) is 5.27. The van der Waals surface area contributed by atoms with Crippen molar-refractivity contribution in [1.82, 2.24) is 15.0 Å². The van der Waals surface area contributed by atoms with Crippen LogP contribution in [0.2, 0.25) is 0 Å². The van der Waals surface area contributed by atoms with Crippen LogP contribution in [0.15, 0.2) is 70.5 Å². The largest absolute Gasteiger partial charge is 0.469 e. The zero-order valence-electron chi connectivity index (χ0n) is 17.7. The highest BCUT2D eigenvalue weighted by Gasteiger charge is 2.10. The Morgan fingerprint density at radius 3 is 2.74 bits per heavy atom. The van der Waals surface area contributed by atoms with Crippen molar-refractivity contribution in [3.05, 3.63) is 83.8 Å². The van der Waals surface area contributed by atoms with Crippen LogP contribution in [0.25, 0.3) is 16.7 Å². The number of H-pyrrole nitrogens is 1. The van der Waals surface area contributed by atoms with Crippen molar-refractivity contribution in [2.24, 2.45) is 10.7 Å². The molecule has 0 spiro atoms. The molecule has 3 heterocycles. The molecule has 4 aromatic rings. The summed E-state index contributed by atoms with van der Waals surface area (Å²) < 4.78 is 5.40. The number of pyridine rings is 1. The second kappa shape index (κ2) is 9.30. The molecule has 4 rings (SSSR count). The van der Waals surface area contributed by atoms with Gasteiger partial charge in [-0.1, -0.05) is 24.3 Å². The number of allylic oxidation sites excluding steroid dienone is 1. The van der Waals surface area contributed by atoms with Gasteiger partial charge in [0, 0.05) is 50.1 Å². The smallest absolute Gasteiger partial charge is 0.179 e. The lowest BCUT2D eigenvalue weighted by Crippen LogP contribution is -2.02. The van der Waals surface area contributed by atoms with Gasteiger partial charge in [-0.15, -0.1) is 0 Å². The van der Waals surface area contributed by atoms with Crippen molar-refractivity contribution in [3.63, 3.8) is 0 Å². The lowest BCUT2D eigenvalue weighted by Gasteiger charge is -2.10. The highest BCUT2D eigenvalue weighted by molar-refractivity contribution is 6.22. The molecule has 4 N–H and O–H groups in total. The molecule has 0 atom stereocenters. The Kier molecular flexibility index (Phi) is 6.12. The topological polar surface area (TPSA) is 105 Å². The number of imidazole rings is 1. The quantitative estimate of drug-likeness (QED) is 0.372. The van der Waals surface area contributed by atoms with Crippen LogP contribution in [-0.4, -0.2) is 27.7 Å². The fourth-order valence-corrected chi connectivity index (χ4v) is 3.47. The number of hydrogen-bond acceptors (Lipinski definition) is 6. The maximum Gasteiger partial charge on any atom is 0.179 e. The molecular weight excluding hydrogens is 388 g/mol. The normalized spacial score (nSPS) is 12.5. The molecule has 158 valence electrons. The summed E-state index contributed by atoms with van der Waals surface area (Å²) in [6, 6.07) is 14.1. The lowest BCUT2D eigenvalue weighted by molar-refractivity contribution is 0.507. The van der Waals surface area contributed by atoms with Crippen molar-refractivity contribution in [2.75, 3.05) is 12.4 Å². The number of nitrogens with one attached hydrogen (secondary N) is 2. The van der Waals surface area contributed by atoms with Crippen LogP contribution in [0, 0.1) is 0 Å². The molecule has 7 nitrogen and oxygen atoms in total. The number of anilines is 1. The van der Waals surface area contributed by atoms with Crippen LogP contribution in [0.4, 0.5) is 5.69 Å². The van der Waals surface area contributed by atoms with Crippen LogP contribution >= 0.6 is 0 Å². The van der Waals surface area contributed by atoms with E-state index in [4.69, 9.17) is 10.2 Å². The van der Waals surface area contributed by atoms with E-state index >= 15 is 0 Å². The first-order chi connectivity index (χ1) is 15.2. The first-order valence-electron chi connectivity index (χ1n) is 10.2. The number of nitrogens with two attached hydrogens (primary N) is 1. The van der Waals surface area contributed by atoms with Gasteiger partial charge in [-0.05, 0) is 36.2 Å². The summed E-state index contributed by atoms with van der Waals surface area (Å²) in [4.78, 5) is 16.6. The molecule has 0 aliphatic carbocycles. The number of aromatic nitrogens is 3. The summed E-state index contributed by atoms with van der Waals surface area (Å²) in [6.45, 7) is 2.64. The van der Waals surface area contributed by atoms with Gasteiger partial charge < -0.3 is 20.5 Å². The van der Waals surface area contributed by atoms with Crippen LogP contribution in [0.3, 0.4) is 0 Å². The molecule has 0 amide bonds. The van der Waals surface area contributed by atoms with Gasteiger partial charge in [0.15, 0.2) is 5.65 Å². The van der Waals surface area contributed by atoms with Gasteiger partial charge in [-0.3, -0.25) is 4.99 Å². The summed E-state index contributed by atoms with van der Waals surface area (Å²) in [5.74, 6) is 1.84. The Labute approximate surface area is 181 Å². The van der Waals surface area contributed by atoms with Gasteiger partial charge in [-0.25, -0.2) is 9.97 Å². The minimum atomic E-state index is 0.683. The second-order valence-electron chi connectivity index (χ2n) is 7.26. The van der Waals surface area contributed by atoms with Crippen LogP contribution in [0.5, 0.6) is 0 Å². The van der Waals surface area contributed by atoms with Crippen LogP contribution in [0.1, 0.15) is 29.6 Å². The fraction of sp³-hybridized carbons (Fsp3) is 0.208. The van der Waals surface area contributed by atoms with E-state index in [0.29, 0.717) is 12.2 Å². The SMILES string of the molecule is CN=C(C)/C(=C\N)c1ccc(CNc2ccnc3nc(CCc4ccco4)[nH]c23)cc1. The molecule has 0 bridgehead atoms. The minimum absolute atomic E-state index is 0.683. The molecule has 0 unspecified atom stereocenters. The summed E-state index contributed by atoms with van der Waals surface area (Å²) in [7, 11) is 1.77. The van der Waals surface area contributed by atoms with Gasteiger partial charge in [0.2, 0.25) is 0 Å². The number of fused-ring (bicyclic) bond motifs is 1. The van der Waals surface area contributed by atoms with Gasteiger partial charge in [-0.2, -0.15) is 0 Å². The van der Waals surface area contributed by atoms with Crippen molar-refractivity contribution >= 4 is 28.1 Å². The van der Waals surface area contributed by atoms with Gasteiger partial charge in [0.1, 0.15) is 17.1 Å². The first kappa shape index (κ1) is 20.4. The summed E-state index contributed by atoms with van der Waals surface area (Å²) >= 11 is 0. The second-order valence-corrected chi connectivity index (χ2v) is 7.26. The highest BCUT2D eigenvalue weighted by Crippen LogP contribution is 2.22. The van der Waals surface area contributed by atoms with E-state index in [2.05, 4.69) is 49.5 Å². The standard InChI is InChI=1S/C24H26N6O/c1-16(26-2)20(14-25)18-7-5-17(6-8-18)15-28-21-11-12-27-24-23(21)29-22(30-24)10-9-19-4-3-13-31-19/h3-8,11-14H,9-10,15,25H2,1-2H3,(H2,27,28,29,30)/b20-14+,26-16?. The predicted octanol–water partition coefficient (Wildman–Crippen LogP) is 4.34. The monoisotopic (exact) mass is 414 g/mol. The molecule has 0 saturated heterocycles. The number of hydrogen-bond donors (Lipinski definition) is 3. The third kappa shape index (κ3) is 4.66. The van der Waals surface area contributed by atoms with Crippen molar-refractivity contribution in [3.8, 4) is 0 Å². The molecular formula is C24H26N6O. The van der Waals surface area contributed by atoms with Gasteiger partial charge in [0.25, 0.3) is 0 Å². The average molecular weight is 415 g/mol. The van der Waals surface area contributed by atoms with E-state index in [1.165, 1.54) is 0 Å². The molecule has 0 radical (unpaired) electrons. The molecule has 31 heavy (non-hydrogen) atoms. The van der Waals surface area contributed by atoms with E-state index in [-0.39, 0.29) is 0 Å². The number of furan rings is 1. The van der Waals surface area contributed by atoms with Crippen molar-refractivity contribution in [2.45, 2.75) is 26.3 Å². The maximum absolute atomic E-state index is 5.78. The van der Waals surface area contributed by atoms with Crippen molar-refractivity contribution in [1.29, 1.82) is 0 Å². The zero-order chi connectivity index (χ0) is 21.6. The number of nitrogens with zero attached hydrogens (tertiary/aromatic N) is 3. The van der Waals surface area contributed by atoms with E-state index in [9.17, 15) is 0 Å². The molecule has 1 aromatic carbocycles. The maximum atomic E-state index is 5.78. The van der Waals surface area contributed by atoms with E-state index in [0.717, 1.165) is 58.0 Å². The van der Waals surface area contributed by atoms with Crippen molar-refractivity contribution < 1.29 is 4.42 Å². The molecule has 0 fully saturated rings. The molecule has 0 aliphatic heterocycles. The van der Waals surface area contributed by atoms with Crippen LogP contribution in [-0.2, 0) is 19.4 Å². The summed E-state index contributed by atoms with van der Waals surface area (Å²) in [5.41, 5.74) is 12.4. The molecule has 0 saturated carbocycles. The Balaban J connectivity index is 1.45. The fourth-order valence-electron chi connectivity index (χ4n) is 3.47. The van der Waals surface area contributed by atoms with E-state index in [1.54, 1.807) is 25.7 Å². The number of benzene rings is 1. The summed E-state index contributed by atoms with van der Waals surface area (Å²) in [6.07, 6.45) is 6.63. The Bertz CT molecular complexity index is 1200. The zero-order valence-corrected chi connectivity index (χ0v) is 17.7. The molecule has 3 aromatic heterocycles. The minimum Gasteiger partial charge on any atom is -0.469 e. The number of aromatic amines is 1. The Morgan fingerprint density at radius 2 is 2.03 bits per heavy atom. The average Bonchev–Trinajstić information content (AvgIpc) is 3.47. The third-order valence-electron chi connectivity index (χ3n) is 5.27. The van der Waals surface area contributed by atoms with E-state index < -0.39 is 0 Å². The lowest BCUT2D eigenvalue weighted by atomic mass is 10.0. The number of aryl methyl sites for hydroxylation is 2.